The zero-order valence-electron chi connectivity index (χ0n) is 10.3. The van der Waals surface area contributed by atoms with E-state index in [0.29, 0.717) is 28.0 Å². The molecule has 0 bridgehead atoms. The Kier molecular flexibility index (Phi) is 2.56. The first-order chi connectivity index (χ1) is 9.16. The molecule has 0 radical (unpaired) electrons. The molecule has 0 aliphatic carbocycles. The average Bonchev–Trinajstić information content (AvgIpc) is 2.39. The monoisotopic (exact) mass is 253 g/mol. The van der Waals surface area contributed by atoms with Gasteiger partial charge in [-0.2, -0.15) is 0 Å². The minimum Gasteiger partial charge on any atom is -0.508 e. The van der Waals surface area contributed by atoms with Gasteiger partial charge in [0.1, 0.15) is 17.1 Å². The van der Waals surface area contributed by atoms with E-state index in [-0.39, 0.29) is 11.2 Å². The summed E-state index contributed by atoms with van der Waals surface area (Å²) in [5.74, 6) is 0.558. The maximum absolute atomic E-state index is 12.5. The molecule has 0 aliphatic heterocycles. The molecule has 0 spiro atoms. The molecule has 19 heavy (non-hydrogen) atoms. The van der Waals surface area contributed by atoms with Gasteiger partial charge in [0.25, 0.3) is 0 Å². The van der Waals surface area contributed by atoms with Crippen molar-refractivity contribution >= 4 is 11.0 Å². The minimum atomic E-state index is -0.141. The predicted octanol–water partition coefficient (Wildman–Crippen LogP) is 2.87. The molecule has 94 valence electrons. The lowest BCUT2D eigenvalue weighted by atomic mass is 10.1. The number of pyridine rings is 1. The van der Waals surface area contributed by atoms with Gasteiger partial charge >= 0.3 is 0 Å². The molecular weight excluding hydrogens is 242 g/mol. The third-order valence-corrected chi connectivity index (χ3v) is 2.97. The molecule has 2 heterocycles. The lowest BCUT2D eigenvalue weighted by molar-refractivity contribution is 0.473. The van der Waals surface area contributed by atoms with Crippen molar-refractivity contribution in [2.75, 3.05) is 0 Å². The van der Waals surface area contributed by atoms with Crippen LogP contribution in [0.4, 0.5) is 0 Å². The van der Waals surface area contributed by atoms with Crippen LogP contribution in [0.1, 0.15) is 5.76 Å². The number of aromatic nitrogens is 1. The first kappa shape index (κ1) is 11.5. The smallest absolute Gasteiger partial charge is 0.202 e. The molecule has 0 fully saturated rings. The van der Waals surface area contributed by atoms with Crippen LogP contribution in [0.15, 0.2) is 51.8 Å². The van der Waals surface area contributed by atoms with Crippen molar-refractivity contribution in [2.45, 2.75) is 6.92 Å². The predicted molar refractivity (Wildman–Crippen MR) is 72.1 cm³/mol. The van der Waals surface area contributed by atoms with Gasteiger partial charge in [-0.15, -0.1) is 0 Å². The van der Waals surface area contributed by atoms with Gasteiger partial charge in [-0.1, -0.05) is 6.07 Å². The van der Waals surface area contributed by atoms with E-state index >= 15 is 0 Å². The molecule has 2 aromatic heterocycles. The molecule has 4 heteroatoms. The number of hydrogen-bond donors (Lipinski definition) is 1. The molecule has 0 unspecified atom stereocenters. The molecule has 0 atom stereocenters. The summed E-state index contributed by atoms with van der Waals surface area (Å²) in [7, 11) is 0. The number of fused-ring (bicyclic) bond motifs is 1. The average molecular weight is 253 g/mol. The number of hydrogen-bond acceptors (Lipinski definition) is 4. The summed E-state index contributed by atoms with van der Waals surface area (Å²) in [5, 5.41) is 9.86. The summed E-state index contributed by atoms with van der Waals surface area (Å²) in [5.41, 5.74) is 1.28. The maximum atomic E-state index is 12.5. The van der Waals surface area contributed by atoms with Gasteiger partial charge in [-0.3, -0.25) is 9.78 Å². The molecule has 3 rings (SSSR count). The van der Waals surface area contributed by atoms with Crippen molar-refractivity contribution < 1.29 is 9.52 Å². The second-order valence-corrected chi connectivity index (χ2v) is 4.26. The quantitative estimate of drug-likeness (QED) is 0.724. The Morgan fingerprint density at radius 3 is 2.79 bits per heavy atom. The zero-order chi connectivity index (χ0) is 13.4. The fraction of sp³-hybridized carbons (Fsp3) is 0.0667. The van der Waals surface area contributed by atoms with E-state index in [1.165, 1.54) is 12.1 Å². The Hall–Kier alpha value is -2.62. The Bertz CT molecular complexity index is 807. The topological polar surface area (TPSA) is 63.3 Å². The third-order valence-electron chi connectivity index (χ3n) is 2.97. The molecule has 0 saturated carbocycles. The van der Waals surface area contributed by atoms with Crippen LogP contribution in [0.2, 0.25) is 0 Å². The van der Waals surface area contributed by atoms with Crippen LogP contribution < -0.4 is 5.43 Å². The summed E-state index contributed by atoms with van der Waals surface area (Å²) in [6, 6.07) is 9.85. The van der Waals surface area contributed by atoms with Crippen LogP contribution in [0.25, 0.3) is 22.2 Å². The molecule has 1 aromatic carbocycles. The van der Waals surface area contributed by atoms with Gasteiger partial charge in [-0.25, -0.2) is 0 Å². The van der Waals surface area contributed by atoms with E-state index in [1.807, 2.05) is 6.07 Å². The Morgan fingerprint density at radius 2 is 2.05 bits per heavy atom. The highest BCUT2D eigenvalue weighted by molar-refractivity contribution is 5.82. The number of aromatic hydroxyl groups is 1. The van der Waals surface area contributed by atoms with E-state index in [9.17, 15) is 9.90 Å². The van der Waals surface area contributed by atoms with Crippen LogP contribution in [0.5, 0.6) is 5.75 Å². The Morgan fingerprint density at radius 1 is 1.21 bits per heavy atom. The van der Waals surface area contributed by atoms with E-state index in [0.717, 1.165) is 0 Å². The van der Waals surface area contributed by atoms with Crippen LogP contribution in [-0.2, 0) is 0 Å². The summed E-state index contributed by atoms with van der Waals surface area (Å²) in [6.45, 7) is 1.72. The zero-order valence-corrected chi connectivity index (χ0v) is 10.3. The summed E-state index contributed by atoms with van der Waals surface area (Å²) in [6.07, 6.45) is 1.63. The van der Waals surface area contributed by atoms with Gasteiger partial charge in [0.15, 0.2) is 0 Å². The summed E-state index contributed by atoms with van der Waals surface area (Å²) in [4.78, 5) is 16.7. The largest absolute Gasteiger partial charge is 0.508 e. The molecule has 0 saturated heterocycles. The fourth-order valence-electron chi connectivity index (χ4n) is 2.10. The first-order valence-electron chi connectivity index (χ1n) is 5.84. The van der Waals surface area contributed by atoms with E-state index in [4.69, 9.17) is 4.42 Å². The van der Waals surface area contributed by atoms with Gasteiger partial charge < -0.3 is 9.52 Å². The van der Waals surface area contributed by atoms with Crippen molar-refractivity contribution in [3.63, 3.8) is 0 Å². The van der Waals surface area contributed by atoms with Gasteiger partial charge in [-0.05, 0) is 31.2 Å². The number of nitrogens with zero attached hydrogens (tertiary/aromatic N) is 1. The van der Waals surface area contributed by atoms with Gasteiger partial charge in [0.05, 0.1) is 16.6 Å². The SMILES string of the molecule is Cc1oc2cc(O)ccc2c(=O)c1-c1ccccn1. The number of rotatable bonds is 1. The highest BCUT2D eigenvalue weighted by atomic mass is 16.3. The van der Waals surface area contributed by atoms with Crippen molar-refractivity contribution in [2.24, 2.45) is 0 Å². The first-order valence-corrected chi connectivity index (χ1v) is 5.84. The third kappa shape index (κ3) is 1.87. The Labute approximate surface area is 109 Å². The molecule has 0 aliphatic rings. The number of phenols is 1. The normalized spacial score (nSPS) is 10.8. The number of phenolic OH excluding ortho intramolecular Hbond substituents is 1. The van der Waals surface area contributed by atoms with Gasteiger partial charge in [0.2, 0.25) is 5.43 Å². The van der Waals surface area contributed by atoms with Crippen molar-refractivity contribution in [1.82, 2.24) is 4.98 Å². The minimum absolute atomic E-state index is 0.0700. The van der Waals surface area contributed by atoms with E-state index < -0.39 is 0 Å². The van der Waals surface area contributed by atoms with Crippen LogP contribution in [0.3, 0.4) is 0 Å². The van der Waals surface area contributed by atoms with Crippen molar-refractivity contribution in [3.8, 4) is 17.0 Å². The molecule has 3 aromatic rings. The van der Waals surface area contributed by atoms with Crippen molar-refractivity contribution in [3.05, 3.63) is 58.6 Å². The number of aryl methyl sites for hydroxylation is 1. The number of benzene rings is 1. The lowest BCUT2D eigenvalue weighted by Crippen LogP contribution is -2.08. The molecule has 1 N–H and O–H groups in total. The molecule has 0 amide bonds. The van der Waals surface area contributed by atoms with Gasteiger partial charge in [0, 0.05) is 12.3 Å². The van der Waals surface area contributed by atoms with E-state index in [1.54, 1.807) is 31.3 Å². The molecule has 4 nitrogen and oxygen atoms in total. The highest BCUT2D eigenvalue weighted by Crippen LogP contribution is 2.24. The van der Waals surface area contributed by atoms with Crippen LogP contribution >= 0.6 is 0 Å². The molecular formula is C15H11NO3. The van der Waals surface area contributed by atoms with Crippen molar-refractivity contribution in [1.29, 1.82) is 0 Å². The highest BCUT2D eigenvalue weighted by Gasteiger charge is 2.14. The Balaban J connectivity index is 2.39. The standard InChI is InChI=1S/C15H11NO3/c1-9-14(12-4-2-3-7-16-12)15(18)11-6-5-10(17)8-13(11)19-9/h2-8,17H,1H3. The van der Waals surface area contributed by atoms with E-state index in [2.05, 4.69) is 4.98 Å². The second-order valence-electron chi connectivity index (χ2n) is 4.26. The lowest BCUT2D eigenvalue weighted by Gasteiger charge is -2.06. The maximum Gasteiger partial charge on any atom is 0.202 e. The van der Waals surface area contributed by atoms with Crippen LogP contribution in [-0.4, -0.2) is 10.1 Å². The summed E-state index contributed by atoms with van der Waals surface area (Å²) < 4.78 is 5.61. The fourth-order valence-corrected chi connectivity index (χ4v) is 2.10. The second kappa shape index (κ2) is 4.24. The summed E-state index contributed by atoms with van der Waals surface area (Å²) >= 11 is 0. The van der Waals surface area contributed by atoms with Crippen LogP contribution in [0, 0.1) is 6.92 Å².